The van der Waals surface area contributed by atoms with Gasteiger partial charge in [0.1, 0.15) is 0 Å². The van der Waals surface area contributed by atoms with Gasteiger partial charge in [-0.1, -0.05) is 84.4 Å². The molecule has 37 heavy (non-hydrogen) atoms. The fourth-order valence-electron chi connectivity index (χ4n) is 3.75. The van der Waals surface area contributed by atoms with Crippen LogP contribution in [0.15, 0.2) is 90.3 Å². The molecule has 0 spiro atoms. The number of thiazole rings is 1. The molecule has 0 aliphatic rings. The maximum absolute atomic E-state index is 13.0. The lowest BCUT2D eigenvalue weighted by Gasteiger charge is -2.08. The molecule has 5 rings (SSSR count). The summed E-state index contributed by atoms with van der Waals surface area (Å²) in [6, 6.07) is 26.9. The number of esters is 1. The summed E-state index contributed by atoms with van der Waals surface area (Å²) in [4.78, 5) is 34.6. The van der Waals surface area contributed by atoms with E-state index in [9.17, 15) is 9.59 Å². The first-order chi connectivity index (χ1) is 18.0. The number of hydrogen-bond acceptors (Lipinski definition) is 6. The lowest BCUT2D eigenvalue weighted by Crippen LogP contribution is -2.21. The number of nitrogens with one attached hydrogen (secondary N) is 1. The number of fused-ring (bicyclic) bond motifs is 1. The number of rotatable bonds is 7. The number of carbonyl (C=O) groups is 2. The first-order valence-corrected chi connectivity index (χ1v) is 12.6. The molecular weight excluding hydrogens is 482 g/mol. The van der Waals surface area contributed by atoms with Crippen molar-refractivity contribution in [1.29, 1.82) is 0 Å². The molecule has 182 valence electrons. The molecule has 0 saturated heterocycles. The summed E-state index contributed by atoms with van der Waals surface area (Å²) in [6.45, 7) is 1.60. The van der Waals surface area contributed by atoms with Gasteiger partial charge in [0, 0.05) is 16.3 Å². The molecule has 2 aromatic heterocycles. The van der Waals surface area contributed by atoms with E-state index in [4.69, 9.17) is 4.74 Å². The van der Waals surface area contributed by atoms with E-state index in [1.807, 2.05) is 103 Å². The third-order valence-electron chi connectivity index (χ3n) is 5.63. The highest BCUT2D eigenvalue weighted by atomic mass is 32.1. The summed E-state index contributed by atoms with van der Waals surface area (Å²) in [5, 5.41) is 5.68. The van der Waals surface area contributed by atoms with Crippen molar-refractivity contribution in [3.8, 4) is 11.3 Å². The second-order valence-electron chi connectivity index (χ2n) is 8.38. The molecule has 0 saturated carbocycles. The van der Waals surface area contributed by atoms with E-state index in [2.05, 4.69) is 15.3 Å². The molecule has 7 heteroatoms. The van der Waals surface area contributed by atoms with Crippen molar-refractivity contribution in [2.24, 2.45) is 0 Å². The maximum atomic E-state index is 13.0. The van der Waals surface area contributed by atoms with E-state index >= 15 is 0 Å². The molecule has 0 radical (unpaired) electrons. The van der Waals surface area contributed by atoms with Crippen LogP contribution in [-0.2, 0) is 9.53 Å². The number of pyridine rings is 1. The Labute approximate surface area is 218 Å². The summed E-state index contributed by atoms with van der Waals surface area (Å²) in [7, 11) is 0. The van der Waals surface area contributed by atoms with E-state index < -0.39 is 18.5 Å². The first-order valence-electron chi connectivity index (χ1n) is 11.7. The van der Waals surface area contributed by atoms with Gasteiger partial charge < -0.3 is 4.74 Å². The lowest BCUT2D eigenvalue weighted by atomic mass is 10.1. The van der Waals surface area contributed by atoms with Gasteiger partial charge >= 0.3 is 5.97 Å². The Morgan fingerprint density at radius 2 is 1.68 bits per heavy atom. The summed E-state index contributed by atoms with van der Waals surface area (Å²) >= 11 is 1.32. The van der Waals surface area contributed by atoms with Crippen molar-refractivity contribution in [3.63, 3.8) is 0 Å². The zero-order valence-corrected chi connectivity index (χ0v) is 20.9. The number of carbonyl (C=O) groups excluding carboxylic acids is 2. The van der Waals surface area contributed by atoms with Crippen LogP contribution in [-0.4, -0.2) is 28.5 Å². The third-order valence-corrected chi connectivity index (χ3v) is 6.39. The third kappa shape index (κ3) is 5.97. The standard InChI is InChI=1S/C30H23N3O3S/c1-20-11-14-22(15-12-20)27-19-37-30(32-27)33-28(34)18-36-29(35)25-17-23(16-13-21-7-3-2-4-8-21)31-26-10-6-5-9-24(25)26/h2-17,19H,18H2,1H3,(H,32,33,34). The molecule has 6 nitrogen and oxygen atoms in total. The number of aryl methyl sites for hydroxylation is 1. The molecule has 0 aliphatic carbocycles. The molecule has 5 aromatic rings. The largest absolute Gasteiger partial charge is 0.452 e. The van der Waals surface area contributed by atoms with E-state index in [1.54, 1.807) is 6.07 Å². The fraction of sp³-hybridized carbons (Fsp3) is 0.0667. The van der Waals surface area contributed by atoms with Crippen molar-refractivity contribution < 1.29 is 14.3 Å². The quantitative estimate of drug-likeness (QED) is 0.251. The van der Waals surface area contributed by atoms with E-state index in [1.165, 1.54) is 11.3 Å². The molecule has 0 atom stereocenters. The van der Waals surface area contributed by atoms with Crippen LogP contribution in [0, 0.1) is 6.92 Å². The van der Waals surface area contributed by atoms with Gasteiger partial charge in [0.2, 0.25) is 0 Å². The Kier molecular flexibility index (Phi) is 7.14. The van der Waals surface area contributed by atoms with Crippen LogP contribution in [0.25, 0.3) is 34.3 Å². The summed E-state index contributed by atoms with van der Waals surface area (Å²) in [6.07, 6.45) is 3.78. The van der Waals surface area contributed by atoms with Gasteiger partial charge in [-0.3, -0.25) is 10.1 Å². The van der Waals surface area contributed by atoms with Crippen LogP contribution in [0.1, 0.15) is 27.2 Å². The van der Waals surface area contributed by atoms with Gasteiger partial charge in [-0.15, -0.1) is 11.3 Å². The minimum Gasteiger partial charge on any atom is -0.452 e. The molecule has 0 fully saturated rings. The minimum absolute atomic E-state index is 0.349. The molecular formula is C30H23N3O3S. The molecule has 0 unspecified atom stereocenters. The number of hydrogen-bond donors (Lipinski definition) is 1. The first kappa shape index (κ1) is 24.1. The zero-order valence-electron chi connectivity index (χ0n) is 20.0. The molecule has 1 N–H and O–H groups in total. The van der Waals surface area contributed by atoms with Crippen LogP contribution in [0.2, 0.25) is 0 Å². The monoisotopic (exact) mass is 505 g/mol. The van der Waals surface area contributed by atoms with Gasteiger partial charge in [0.05, 0.1) is 22.5 Å². The van der Waals surface area contributed by atoms with Gasteiger partial charge in [-0.2, -0.15) is 0 Å². The topological polar surface area (TPSA) is 81.2 Å². The predicted octanol–water partition coefficient (Wildman–Crippen LogP) is 6.63. The van der Waals surface area contributed by atoms with Crippen LogP contribution in [0.4, 0.5) is 5.13 Å². The number of benzene rings is 3. The van der Waals surface area contributed by atoms with Crippen molar-refractivity contribution in [3.05, 3.63) is 113 Å². The Hall–Kier alpha value is -4.62. The molecule has 2 heterocycles. The number of amides is 1. The van der Waals surface area contributed by atoms with Gasteiger partial charge in [0.15, 0.2) is 11.7 Å². The molecule has 3 aromatic carbocycles. The highest BCUT2D eigenvalue weighted by Crippen LogP contribution is 2.25. The SMILES string of the molecule is Cc1ccc(-c2csc(NC(=O)COC(=O)c3cc(C=Cc4ccccc4)nc4ccccc34)n2)cc1. The van der Waals surface area contributed by atoms with Gasteiger partial charge in [-0.25, -0.2) is 14.8 Å². The highest BCUT2D eigenvalue weighted by molar-refractivity contribution is 7.14. The average molecular weight is 506 g/mol. The average Bonchev–Trinajstić information content (AvgIpc) is 3.39. The number of anilines is 1. The lowest BCUT2D eigenvalue weighted by molar-refractivity contribution is -0.119. The smallest absolute Gasteiger partial charge is 0.339 e. The van der Waals surface area contributed by atoms with E-state index in [-0.39, 0.29) is 0 Å². The minimum atomic E-state index is -0.595. The van der Waals surface area contributed by atoms with Crippen LogP contribution in [0.5, 0.6) is 0 Å². The summed E-state index contributed by atoms with van der Waals surface area (Å²) < 4.78 is 5.37. The summed E-state index contributed by atoms with van der Waals surface area (Å²) in [5.74, 6) is -1.05. The van der Waals surface area contributed by atoms with Gasteiger partial charge in [0.25, 0.3) is 5.91 Å². The Morgan fingerprint density at radius 1 is 0.919 bits per heavy atom. The number of ether oxygens (including phenoxy) is 1. The van der Waals surface area contributed by atoms with Crippen molar-refractivity contribution in [1.82, 2.24) is 9.97 Å². The molecule has 1 amide bonds. The van der Waals surface area contributed by atoms with Crippen molar-refractivity contribution >= 4 is 51.4 Å². The van der Waals surface area contributed by atoms with Crippen molar-refractivity contribution in [2.75, 3.05) is 11.9 Å². The normalized spacial score (nSPS) is 11.1. The Bertz CT molecular complexity index is 1590. The number of nitrogens with zero attached hydrogens (tertiary/aromatic N) is 2. The molecule has 0 aliphatic heterocycles. The van der Waals surface area contributed by atoms with E-state index in [0.717, 1.165) is 22.4 Å². The van der Waals surface area contributed by atoms with Crippen molar-refractivity contribution in [2.45, 2.75) is 6.92 Å². The van der Waals surface area contributed by atoms with E-state index in [0.29, 0.717) is 27.3 Å². The predicted molar refractivity (Wildman–Crippen MR) is 148 cm³/mol. The summed E-state index contributed by atoms with van der Waals surface area (Å²) in [5.41, 5.74) is 5.56. The number of para-hydroxylation sites is 1. The van der Waals surface area contributed by atoms with Crippen LogP contribution in [0.3, 0.4) is 0 Å². The fourth-order valence-corrected chi connectivity index (χ4v) is 4.48. The number of aromatic nitrogens is 2. The Morgan fingerprint density at radius 3 is 2.49 bits per heavy atom. The second-order valence-corrected chi connectivity index (χ2v) is 9.24. The maximum Gasteiger partial charge on any atom is 0.339 e. The zero-order chi connectivity index (χ0) is 25.6. The van der Waals surface area contributed by atoms with Gasteiger partial charge in [-0.05, 0) is 30.7 Å². The second kappa shape index (κ2) is 11.0. The Balaban J connectivity index is 1.27. The molecule has 0 bridgehead atoms. The highest BCUT2D eigenvalue weighted by Gasteiger charge is 2.16. The van der Waals surface area contributed by atoms with Crippen LogP contribution < -0.4 is 5.32 Å². The van der Waals surface area contributed by atoms with Crippen LogP contribution >= 0.6 is 11.3 Å².